The molecule has 102 valence electrons. The zero-order valence-electron chi connectivity index (χ0n) is 11.1. The van der Waals surface area contributed by atoms with Crippen molar-refractivity contribution < 1.29 is 14.3 Å². The van der Waals surface area contributed by atoms with E-state index < -0.39 is 0 Å². The van der Waals surface area contributed by atoms with Crippen LogP contribution in [0.2, 0.25) is 5.02 Å². The Kier molecular flexibility index (Phi) is 5.96. The summed E-state index contributed by atoms with van der Waals surface area (Å²) in [4.78, 5) is 11.7. The first-order valence-electron chi connectivity index (χ1n) is 5.64. The van der Waals surface area contributed by atoms with E-state index in [0.717, 1.165) is 0 Å². The molecular weight excluding hydrogens is 266 g/mol. The molecule has 1 aromatic carbocycles. The van der Waals surface area contributed by atoms with Gasteiger partial charge in [-0.05, 0) is 6.92 Å². The highest BCUT2D eigenvalue weighted by Crippen LogP contribution is 2.35. The van der Waals surface area contributed by atoms with Crippen molar-refractivity contribution in [1.82, 2.24) is 0 Å². The van der Waals surface area contributed by atoms with Crippen LogP contribution in [0, 0.1) is 0 Å². The monoisotopic (exact) mass is 281 g/mol. The van der Waals surface area contributed by atoms with E-state index in [0.29, 0.717) is 22.2 Å². The SMILES string of the molecule is CC=CC=CC(=O)Nc1cc(OC)c(Cl)cc1OC. The minimum atomic E-state index is -0.263. The molecular formula is C14H16ClNO3. The molecule has 5 heteroatoms. The predicted molar refractivity (Wildman–Crippen MR) is 77.1 cm³/mol. The fourth-order valence-corrected chi connectivity index (χ4v) is 1.62. The fourth-order valence-electron chi connectivity index (χ4n) is 1.39. The van der Waals surface area contributed by atoms with Gasteiger partial charge in [0.2, 0.25) is 5.91 Å². The lowest BCUT2D eigenvalue weighted by Gasteiger charge is -2.12. The van der Waals surface area contributed by atoms with Gasteiger partial charge in [-0.1, -0.05) is 29.8 Å². The quantitative estimate of drug-likeness (QED) is 0.664. The van der Waals surface area contributed by atoms with Gasteiger partial charge >= 0.3 is 0 Å². The van der Waals surface area contributed by atoms with Crippen LogP contribution >= 0.6 is 11.6 Å². The smallest absolute Gasteiger partial charge is 0.248 e. The van der Waals surface area contributed by atoms with Crippen LogP contribution < -0.4 is 14.8 Å². The largest absolute Gasteiger partial charge is 0.495 e. The molecule has 1 aromatic rings. The average molecular weight is 282 g/mol. The Morgan fingerprint density at radius 1 is 1.21 bits per heavy atom. The number of rotatable bonds is 5. The van der Waals surface area contributed by atoms with Crippen molar-refractivity contribution >= 4 is 23.2 Å². The summed E-state index contributed by atoms with van der Waals surface area (Å²) in [6, 6.07) is 3.20. The second kappa shape index (κ2) is 7.48. The molecule has 0 unspecified atom stereocenters. The minimum Gasteiger partial charge on any atom is -0.495 e. The molecule has 4 nitrogen and oxygen atoms in total. The number of benzene rings is 1. The van der Waals surface area contributed by atoms with Crippen molar-refractivity contribution in [1.29, 1.82) is 0 Å². The van der Waals surface area contributed by atoms with Crippen LogP contribution in [-0.4, -0.2) is 20.1 Å². The van der Waals surface area contributed by atoms with Crippen LogP contribution in [-0.2, 0) is 4.79 Å². The summed E-state index contributed by atoms with van der Waals surface area (Å²) in [5, 5.41) is 3.12. The Balaban J connectivity index is 2.96. The molecule has 19 heavy (non-hydrogen) atoms. The number of halogens is 1. The van der Waals surface area contributed by atoms with Gasteiger partial charge in [-0.15, -0.1) is 0 Å². The standard InChI is InChI=1S/C14H16ClNO3/c1-4-5-6-7-14(17)16-11-9-12(18-2)10(15)8-13(11)19-3/h4-9H,1-3H3,(H,16,17). The molecule has 1 N–H and O–H groups in total. The molecule has 0 saturated heterocycles. The third kappa shape index (κ3) is 4.34. The van der Waals surface area contributed by atoms with E-state index in [1.807, 2.05) is 13.0 Å². The number of carbonyl (C=O) groups excluding carboxylic acids is 1. The van der Waals surface area contributed by atoms with Crippen LogP contribution in [0.15, 0.2) is 36.4 Å². The lowest BCUT2D eigenvalue weighted by molar-refractivity contribution is -0.111. The molecule has 0 aromatic heterocycles. The van der Waals surface area contributed by atoms with Crippen LogP contribution in [0.1, 0.15) is 6.92 Å². The molecule has 0 atom stereocenters. The zero-order chi connectivity index (χ0) is 14.3. The van der Waals surface area contributed by atoms with E-state index in [1.165, 1.54) is 20.3 Å². The molecule has 0 fully saturated rings. The number of amides is 1. The van der Waals surface area contributed by atoms with Gasteiger partial charge in [0.05, 0.1) is 24.9 Å². The van der Waals surface area contributed by atoms with Gasteiger partial charge in [0, 0.05) is 18.2 Å². The zero-order valence-corrected chi connectivity index (χ0v) is 11.8. The van der Waals surface area contributed by atoms with Crippen molar-refractivity contribution in [2.75, 3.05) is 19.5 Å². The van der Waals surface area contributed by atoms with Crippen LogP contribution in [0.4, 0.5) is 5.69 Å². The number of allylic oxidation sites excluding steroid dienone is 3. The number of anilines is 1. The number of hydrogen-bond acceptors (Lipinski definition) is 3. The van der Waals surface area contributed by atoms with Crippen molar-refractivity contribution in [3.05, 3.63) is 41.5 Å². The molecule has 1 rings (SSSR count). The van der Waals surface area contributed by atoms with E-state index in [-0.39, 0.29) is 5.91 Å². The third-order valence-corrected chi connectivity index (χ3v) is 2.58. The number of methoxy groups -OCH3 is 2. The molecule has 0 radical (unpaired) electrons. The number of carbonyl (C=O) groups is 1. The van der Waals surface area contributed by atoms with Crippen molar-refractivity contribution in [2.24, 2.45) is 0 Å². The van der Waals surface area contributed by atoms with Crippen molar-refractivity contribution in [3.8, 4) is 11.5 Å². The summed E-state index contributed by atoms with van der Waals surface area (Å²) in [5.41, 5.74) is 0.499. The summed E-state index contributed by atoms with van der Waals surface area (Å²) in [6.07, 6.45) is 6.66. The van der Waals surface area contributed by atoms with Crippen LogP contribution in [0.25, 0.3) is 0 Å². The summed E-state index contributed by atoms with van der Waals surface area (Å²) in [7, 11) is 3.01. The lowest BCUT2D eigenvalue weighted by Crippen LogP contribution is -2.09. The summed E-state index contributed by atoms with van der Waals surface area (Å²) in [6.45, 7) is 1.87. The first kappa shape index (κ1) is 15.1. The maximum atomic E-state index is 11.7. The molecule has 0 aliphatic carbocycles. The van der Waals surface area contributed by atoms with Gasteiger partial charge in [0.15, 0.2) is 0 Å². The average Bonchev–Trinajstić information content (AvgIpc) is 2.40. The summed E-state index contributed by atoms with van der Waals surface area (Å²) >= 11 is 5.98. The highest BCUT2D eigenvalue weighted by molar-refractivity contribution is 6.32. The van der Waals surface area contributed by atoms with E-state index in [4.69, 9.17) is 21.1 Å². The highest BCUT2D eigenvalue weighted by Gasteiger charge is 2.11. The molecule has 0 heterocycles. The second-order valence-corrected chi connectivity index (χ2v) is 3.97. The lowest BCUT2D eigenvalue weighted by atomic mass is 10.2. The van der Waals surface area contributed by atoms with Gasteiger partial charge < -0.3 is 14.8 Å². The molecule has 0 bridgehead atoms. The normalized spacial score (nSPS) is 10.9. The first-order valence-corrected chi connectivity index (χ1v) is 6.02. The number of nitrogens with one attached hydrogen (secondary N) is 1. The first-order chi connectivity index (χ1) is 9.12. The van der Waals surface area contributed by atoms with E-state index in [1.54, 1.807) is 24.3 Å². The van der Waals surface area contributed by atoms with Gasteiger partial charge in [0.1, 0.15) is 11.5 Å². The van der Waals surface area contributed by atoms with Gasteiger partial charge in [-0.25, -0.2) is 0 Å². The Morgan fingerprint density at radius 2 is 1.89 bits per heavy atom. The predicted octanol–water partition coefficient (Wildman–Crippen LogP) is 3.43. The van der Waals surface area contributed by atoms with Crippen LogP contribution in [0.5, 0.6) is 11.5 Å². The Bertz CT molecular complexity index is 510. The molecule has 1 amide bonds. The molecule has 0 aliphatic heterocycles. The second-order valence-electron chi connectivity index (χ2n) is 3.56. The van der Waals surface area contributed by atoms with Gasteiger partial charge in [-0.3, -0.25) is 4.79 Å². The maximum absolute atomic E-state index is 11.7. The minimum absolute atomic E-state index is 0.263. The van der Waals surface area contributed by atoms with Crippen molar-refractivity contribution in [2.45, 2.75) is 6.92 Å². The summed E-state index contributed by atoms with van der Waals surface area (Å²) in [5.74, 6) is 0.676. The summed E-state index contributed by atoms with van der Waals surface area (Å²) < 4.78 is 10.3. The Morgan fingerprint density at radius 3 is 2.47 bits per heavy atom. The molecule has 0 saturated carbocycles. The fraction of sp³-hybridized carbons (Fsp3) is 0.214. The van der Waals surface area contributed by atoms with Crippen LogP contribution in [0.3, 0.4) is 0 Å². The van der Waals surface area contributed by atoms with E-state index in [9.17, 15) is 4.79 Å². The van der Waals surface area contributed by atoms with E-state index in [2.05, 4.69) is 5.32 Å². The Labute approximate surface area is 117 Å². The molecule has 0 spiro atoms. The van der Waals surface area contributed by atoms with Gasteiger partial charge in [-0.2, -0.15) is 0 Å². The Hall–Kier alpha value is -1.94. The van der Waals surface area contributed by atoms with Gasteiger partial charge in [0.25, 0.3) is 0 Å². The number of ether oxygens (including phenoxy) is 2. The van der Waals surface area contributed by atoms with E-state index >= 15 is 0 Å². The number of hydrogen-bond donors (Lipinski definition) is 1. The molecule has 0 aliphatic rings. The highest BCUT2D eigenvalue weighted by atomic mass is 35.5. The topological polar surface area (TPSA) is 47.6 Å². The third-order valence-electron chi connectivity index (χ3n) is 2.28. The van der Waals surface area contributed by atoms with Crippen molar-refractivity contribution in [3.63, 3.8) is 0 Å². The maximum Gasteiger partial charge on any atom is 0.248 e.